The highest BCUT2D eigenvalue weighted by Gasteiger charge is 2.50. The predicted molar refractivity (Wildman–Crippen MR) is 108 cm³/mol. The fraction of sp³-hybridized carbons (Fsp3) is 0.524. The van der Waals surface area contributed by atoms with Gasteiger partial charge in [0.1, 0.15) is 17.7 Å². The Bertz CT molecular complexity index is 1020. The van der Waals surface area contributed by atoms with E-state index in [0.29, 0.717) is 42.1 Å². The summed E-state index contributed by atoms with van der Waals surface area (Å²) in [6.07, 6.45) is 4.81. The first-order chi connectivity index (χ1) is 14.4. The number of pyridine rings is 1. The van der Waals surface area contributed by atoms with E-state index < -0.39 is 5.97 Å². The van der Waals surface area contributed by atoms with Crippen molar-refractivity contribution in [2.75, 3.05) is 6.54 Å². The van der Waals surface area contributed by atoms with E-state index in [0.717, 1.165) is 24.1 Å². The Balaban J connectivity index is 1.25. The minimum atomic E-state index is -1.01. The number of piperidine rings is 1. The summed E-state index contributed by atoms with van der Waals surface area (Å²) in [6.45, 7) is 2.64. The second kappa shape index (κ2) is 7.27. The van der Waals surface area contributed by atoms with Crippen molar-refractivity contribution >= 4 is 23.5 Å². The van der Waals surface area contributed by atoms with Gasteiger partial charge in [-0.25, -0.2) is 9.78 Å². The monoisotopic (exact) mass is 430 g/mol. The number of hydrogen-bond acceptors (Lipinski definition) is 5. The maximum atomic E-state index is 13.0. The van der Waals surface area contributed by atoms with Gasteiger partial charge in [0, 0.05) is 42.9 Å². The third kappa shape index (κ3) is 3.33. The molecule has 0 radical (unpaired) electrons. The van der Waals surface area contributed by atoms with Crippen molar-refractivity contribution in [2.45, 2.75) is 57.2 Å². The average Bonchev–Trinajstić information content (AvgIpc) is 3.22. The van der Waals surface area contributed by atoms with Gasteiger partial charge in [0.15, 0.2) is 5.69 Å². The van der Waals surface area contributed by atoms with Crippen LogP contribution in [-0.4, -0.2) is 55.3 Å². The zero-order valence-corrected chi connectivity index (χ0v) is 17.4. The molecule has 0 bridgehead atoms. The molecule has 1 saturated carbocycles. The molecule has 30 heavy (non-hydrogen) atoms. The summed E-state index contributed by atoms with van der Waals surface area (Å²) >= 11 is 6.13. The molecule has 2 fully saturated rings. The second-order valence-corrected chi connectivity index (χ2v) is 8.88. The number of carboxylic acids is 1. The van der Waals surface area contributed by atoms with Gasteiger partial charge in [0.2, 0.25) is 11.8 Å². The lowest BCUT2D eigenvalue weighted by atomic mass is 10.0. The maximum Gasteiger partial charge on any atom is 0.356 e. The molecule has 2 aromatic heterocycles. The summed E-state index contributed by atoms with van der Waals surface area (Å²) in [5, 5.41) is 14.2. The van der Waals surface area contributed by atoms with Crippen LogP contribution in [0.1, 0.15) is 53.8 Å². The molecule has 3 aliphatic rings. The predicted octanol–water partition coefficient (Wildman–Crippen LogP) is 2.75. The number of nitrogens with zero attached hydrogens (tertiary/aromatic N) is 4. The van der Waals surface area contributed by atoms with Crippen molar-refractivity contribution in [1.29, 1.82) is 0 Å². The molecule has 3 heterocycles. The Kier molecular flexibility index (Phi) is 4.69. The van der Waals surface area contributed by atoms with E-state index in [2.05, 4.69) is 10.1 Å². The lowest BCUT2D eigenvalue weighted by Gasteiger charge is -2.37. The van der Waals surface area contributed by atoms with Gasteiger partial charge in [-0.3, -0.25) is 9.48 Å². The first-order valence-corrected chi connectivity index (χ1v) is 10.7. The Labute approximate surface area is 178 Å². The molecule has 0 aromatic carbocycles. The molecular formula is C21H23ClN4O4. The van der Waals surface area contributed by atoms with Crippen molar-refractivity contribution in [3.63, 3.8) is 0 Å². The number of carbonyl (C=O) groups is 2. The zero-order chi connectivity index (χ0) is 21.0. The summed E-state index contributed by atoms with van der Waals surface area (Å²) in [4.78, 5) is 30.6. The van der Waals surface area contributed by atoms with Crippen LogP contribution in [0.5, 0.6) is 5.88 Å². The van der Waals surface area contributed by atoms with E-state index in [1.165, 1.54) is 0 Å². The molecule has 1 N–H and O–H groups in total. The lowest BCUT2D eigenvalue weighted by molar-refractivity contribution is -0.136. The first-order valence-electron chi connectivity index (χ1n) is 10.3. The van der Waals surface area contributed by atoms with E-state index in [9.17, 15) is 14.7 Å². The number of carboxylic acid groups (broad SMARTS) is 1. The molecule has 1 saturated heterocycles. The van der Waals surface area contributed by atoms with Crippen molar-refractivity contribution in [1.82, 2.24) is 19.7 Å². The van der Waals surface area contributed by atoms with Crippen molar-refractivity contribution in [3.05, 3.63) is 40.3 Å². The normalized spacial score (nSPS) is 26.8. The molecule has 4 atom stereocenters. The van der Waals surface area contributed by atoms with Crippen LogP contribution in [0.3, 0.4) is 0 Å². The van der Waals surface area contributed by atoms with Crippen LogP contribution in [0.4, 0.5) is 0 Å². The molecule has 158 valence electrons. The van der Waals surface area contributed by atoms with Crippen molar-refractivity contribution in [2.24, 2.45) is 5.92 Å². The second-order valence-electron chi connectivity index (χ2n) is 8.47. The number of likely N-dealkylation sites (tertiary alicyclic amines) is 1. The largest absolute Gasteiger partial charge is 0.476 e. The zero-order valence-electron chi connectivity index (χ0n) is 16.6. The standard InChI is InChI=1S/C21H23ClN4O4/c1-11-7-13(30-20-15(22)3-2-5-23-20)4-6-25(11)17(27)10-26-16-9-12-8-14(12)18(16)19(24-26)21(28)29/h2-3,5,11-14H,4,6-10H2,1H3,(H,28,29)/t11-,12?,13-,14?/m1/s1. The molecular weight excluding hydrogens is 408 g/mol. The highest BCUT2D eigenvalue weighted by atomic mass is 35.5. The van der Waals surface area contributed by atoms with E-state index >= 15 is 0 Å². The summed E-state index contributed by atoms with van der Waals surface area (Å²) in [7, 11) is 0. The summed E-state index contributed by atoms with van der Waals surface area (Å²) in [5.41, 5.74) is 1.90. The van der Waals surface area contributed by atoms with Gasteiger partial charge in [-0.1, -0.05) is 11.6 Å². The highest BCUT2D eigenvalue weighted by Crippen LogP contribution is 2.57. The average molecular weight is 431 g/mol. The SMILES string of the molecule is C[C@@H]1C[C@H](Oc2ncccc2Cl)CCN1C(=O)Cn1nc(C(=O)O)c2c1CC1CC21. The minimum absolute atomic E-state index is 0.00491. The summed E-state index contributed by atoms with van der Waals surface area (Å²) in [6, 6.07) is 3.49. The fourth-order valence-corrected chi connectivity index (χ4v) is 5.09. The molecule has 8 nitrogen and oxygen atoms in total. The maximum absolute atomic E-state index is 13.0. The number of fused-ring (bicyclic) bond motifs is 3. The van der Waals surface area contributed by atoms with E-state index in [4.69, 9.17) is 16.3 Å². The van der Waals surface area contributed by atoms with Crippen LogP contribution in [0.2, 0.25) is 5.02 Å². The van der Waals surface area contributed by atoms with Crippen LogP contribution in [-0.2, 0) is 17.8 Å². The van der Waals surface area contributed by atoms with Gasteiger partial charge in [-0.15, -0.1) is 0 Å². The molecule has 1 aliphatic heterocycles. The van der Waals surface area contributed by atoms with Crippen LogP contribution in [0.25, 0.3) is 0 Å². The van der Waals surface area contributed by atoms with E-state index in [1.54, 1.807) is 23.0 Å². The van der Waals surface area contributed by atoms with Gasteiger partial charge < -0.3 is 14.7 Å². The molecule has 5 rings (SSSR count). The molecule has 2 aromatic rings. The number of aromatic nitrogens is 3. The number of amides is 1. The van der Waals surface area contributed by atoms with Gasteiger partial charge in [0.25, 0.3) is 0 Å². The Morgan fingerprint density at radius 2 is 2.20 bits per heavy atom. The van der Waals surface area contributed by atoms with Crippen LogP contribution in [0, 0.1) is 5.92 Å². The summed E-state index contributed by atoms with van der Waals surface area (Å²) in [5.74, 6) is 0.218. The molecule has 9 heteroatoms. The molecule has 0 spiro atoms. The lowest BCUT2D eigenvalue weighted by Crippen LogP contribution is -2.48. The quantitative estimate of drug-likeness (QED) is 0.783. The summed E-state index contributed by atoms with van der Waals surface area (Å²) < 4.78 is 7.57. The van der Waals surface area contributed by atoms with Gasteiger partial charge in [-0.05, 0) is 43.7 Å². The molecule has 2 aliphatic carbocycles. The minimum Gasteiger partial charge on any atom is -0.476 e. The molecule has 1 amide bonds. The van der Waals surface area contributed by atoms with Gasteiger partial charge in [0.05, 0.1) is 0 Å². The topological polar surface area (TPSA) is 97.5 Å². The third-order valence-corrected chi connectivity index (χ3v) is 6.77. The van der Waals surface area contributed by atoms with Crippen molar-refractivity contribution < 1.29 is 19.4 Å². The first kappa shape index (κ1) is 19.4. The van der Waals surface area contributed by atoms with E-state index in [-0.39, 0.29) is 30.3 Å². The number of hydrogen-bond donors (Lipinski definition) is 1. The van der Waals surface area contributed by atoms with Crippen LogP contribution >= 0.6 is 11.6 Å². The van der Waals surface area contributed by atoms with Crippen LogP contribution < -0.4 is 4.74 Å². The number of aromatic carboxylic acids is 1. The number of carbonyl (C=O) groups excluding carboxylic acids is 1. The van der Waals surface area contributed by atoms with Gasteiger partial charge >= 0.3 is 5.97 Å². The van der Waals surface area contributed by atoms with E-state index in [1.807, 2.05) is 11.8 Å². The number of rotatable bonds is 5. The Morgan fingerprint density at radius 1 is 1.37 bits per heavy atom. The van der Waals surface area contributed by atoms with Crippen molar-refractivity contribution in [3.8, 4) is 5.88 Å². The van der Waals surface area contributed by atoms with Crippen LogP contribution in [0.15, 0.2) is 18.3 Å². The number of halogens is 1. The van der Waals surface area contributed by atoms with Gasteiger partial charge in [-0.2, -0.15) is 5.10 Å². The highest BCUT2D eigenvalue weighted by molar-refractivity contribution is 6.31. The Morgan fingerprint density at radius 3 is 2.93 bits per heavy atom. The Hall–Kier alpha value is -2.61. The molecule has 2 unspecified atom stereocenters. The third-order valence-electron chi connectivity index (χ3n) is 6.49. The fourth-order valence-electron chi connectivity index (χ4n) is 4.92. The smallest absolute Gasteiger partial charge is 0.356 e. The number of ether oxygens (including phenoxy) is 1.